The summed E-state index contributed by atoms with van der Waals surface area (Å²) in [6, 6.07) is 0. The Hall–Kier alpha value is 0. The van der Waals surface area contributed by atoms with Gasteiger partial charge in [0.15, 0.2) is 0 Å². The Balaban J connectivity index is 0.000000180. The minimum absolute atomic E-state index is 1.03. The first-order valence-corrected chi connectivity index (χ1v) is 8.67. The van der Waals surface area contributed by atoms with Crippen LogP contribution < -0.4 is 0 Å². The van der Waals surface area contributed by atoms with Crippen molar-refractivity contribution in [2.45, 2.75) is 91.9 Å². The van der Waals surface area contributed by atoms with Gasteiger partial charge in [-0.3, -0.25) is 0 Å². The number of rotatable bonds is 4. The summed E-state index contributed by atoms with van der Waals surface area (Å²) in [6.45, 7) is 9.39. The van der Waals surface area contributed by atoms with E-state index in [0.717, 1.165) is 23.7 Å². The van der Waals surface area contributed by atoms with Crippen LogP contribution in [0.2, 0.25) is 0 Å². The first kappa shape index (κ1) is 16.1. The summed E-state index contributed by atoms with van der Waals surface area (Å²) in [5, 5.41) is 0. The molecule has 0 aromatic carbocycles. The van der Waals surface area contributed by atoms with Gasteiger partial charge in [-0.1, -0.05) is 85.5 Å². The normalized spacial score (nSPS) is 35.3. The lowest BCUT2D eigenvalue weighted by Crippen LogP contribution is -2.02. The zero-order chi connectivity index (χ0) is 13.4. The van der Waals surface area contributed by atoms with Gasteiger partial charge >= 0.3 is 0 Å². The first-order chi connectivity index (χ1) is 8.67. The van der Waals surface area contributed by atoms with E-state index in [2.05, 4.69) is 27.7 Å². The maximum atomic E-state index is 2.41. The van der Waals surface area contributed by atoms with Crippen LogP contribution in [0.15, 0.2) is 0 Å². The highest BCUT2D eigenvalue weighted by atomic mass is 14.3. The van der Waals surface area contributed by atoms with Crippen molar-refractivity contribution in [2.24, 2.45) is 23.7 Å². The molecule has 0 aromatic heterocycles. The summed E-state index contributed by atoms with van der Waals surface area (Å²) in [7, 11) is 0. The molecule has 0 heterocycles. The van der Waals surface area contributed by atoms with Gasteiger partial charge in [-0.05, 0) is 30.1 Å². The third-order valence-corrected chi connectivity index (χ3v) is 5.20. The van der Waals surface area contributed by atoms with Crippen molar-refractivity contribution < 1.29 is 0 Å². The molecule has 0 radical (unpaired) electrons. The second kappa shape index (κ2) is 8.99. The van der Waals surface area contributed by atoms with E-state index in [1.165, 1.54) is 64.2 Å². The topological polar surface area (TPSA) is 0 Å². The first-order valence-electron chi connectivity index (χ1n) is 8.67. The molecule has 0 aromatic rings. The minimum atomic E-state index is 1.03. The van der Waals surface area contributed by atoms with Gasteiger partial charge in [0, 0.05) is 0 Å². The molecule has 2 rings (SSSR count). The van der Waals surface area contributed by atoms with E-state index >= 15 is 0 Å². The highest BCUT2D eigenvalue weighted by Gasteiger charge is 2.21. The van der Waals surface area contributed by atoms with Crippen LogP contribution in [-0.4, -0.2) is 0 Å². The molecule has 0 heteroatoms. The molecule has 0 bridgehead atoms. The molecule has 18 heavy (non-hydrogen) atoms. The zero-order valence-corrected chi connectivity index (χ0v) is 13.4. The van der Waals surface area contributed by atoms with Crippen molar-refractivity contribution in [1.82, 2.24) is 0 Å². The van der Waals surface area contributed by atoms with Gasteiger partial charge in [0.05, 0.1) is 0 Å². The Kier molecular flexibility index (Phi) is 8.02. The van der Waals surface area contributed by atoms with Gasteiger partial charge < -0.3 is 0 Å². The second-order valence-electron chi connectivity index (χ2n) is 7.03. The van der Waals surface area contributed by atoms with Crippen LogP contribution >= 0.6 is 0 Å². The van der Waals surface area contributed by atoms with Gasteiger partial charge in [-0.2, -0.15) is 0 Å². The van der Waals surface area contributed by atoms with Crippen LogP contribution in [0.25, 0.3) is 0 Å². The van der Waals surface area contributed by atoms with E-state index in [-0.39, 0.29) is 0 Å². The van der Waals surface area contributed by atoms with E-state index in [1.54, 1.807) is 0 Å². The standard InChI is InChI=1S/2C9H18/c1-3-5-9-7-4-6-8(9)2;1-3-4-9-6-5-8(2)7-9/h2*8-9H,3-7H2,1-2H3/t2*8-,9-/m00/s1. The molecule has 0 amide bonds. The molecule has 0 saturated heterocycles. The summed E-state index contributed by atoms with van der Waals surface area (Å²) < 4.78 is 0. The number of hydrogen-bond acceptors (Lipinski definition) is 0. The molecule has 2 aliphatic rings. The predicted molar refractivity (Wildman–Crippen MR) is 82.8 cm³/mol. The van der Waals surface area contributed by atoms with Crippen molar-refractivity contribution in [3.8, 4) is 0 Å². The quantitative estimate of drug-likeness (QED) is 0.539. The lowest BCUT2D eigenvalue weighted by Gasteiger charge is -2.12. The average molecular weight is 252 g/mol. The van der Waals surface area contributed by atoms with Crippen LogP contribution in [-0.2, 0) is 0 Å². The molecule has 0 aliphatic heterocycles. The largest absolute Gasteiger partial charge is 0.0654 e. The monoisotopic (exact) mass is 252 g/mol. The van der Waals surface area contributed by atoms with Crippen molar-refractivity contribution in [3.05, 3.63) is 0 Å². The molecule has 108 valence electrons. The third-order valence-electron chi connectivity index (χ3n) is 5.20. The average Bonchev–Trinajstić information content (AvgIpc) is 2.91. The molecule has 2 fully saturated rings. The van der Waals surface area contributed by atoms with E-state index in [0.29, 0.717) is 0 Å². The highest BCUT2D eigenvalue weighted by Crippen LogP contribution is 2.34. The van der Waals surface area contributed by atoms with E-state index < -0.39 is 0 Å². The van der Waals surface area contributed by atoms with Gasteiger partial charge in [0.25, 0.3) is 0 Å². The van der Waals surface area contributed by atoms with Crippen molar-refractivity contribution in [2.75, 3.05) is 0 Å². The van der Waals surface area contributed by atoms with Gasteiger partial charge in [0.1, 0.15) is 0 Å². The Morgan fingerprint density at radius 1 is 0.833 bits per heavy atom. The maximum absolute atomic E-state index is 2.41. The number of hydrogen-bond donors (Lipinski definition) is 0. The molecular formula is C18H36. The smallest absolute Gasteiger partial charge is 0.0389 e. The Morgan fingerprint density at radius 2 is 1.56 bits per heavy atom. The van der Waals surface area contributed by atoms with E-state index in [4.69, 9.17) is 0 Å². The van der Waals surface area contributed by atoms with Crippen LogP contribution in [0.1, 0.15) is 91.9 Å². The Labute approximate surface area is 116 Å². The SMILES string of the molecule is CCC[C@H]1CCC[C@@H]1C.CCC[C@H]1CC[C@H](C)C1. The fraction of sp³-hybridized carbons (Fsp3) is 1.00. The lowest BCUT2D eigenvalue weighted by molar-refractivity contribution is 0.388. The summed E-state index contributed by atoms with van der Waals surface area (Å²) in [5.41, 5.74) is 0. The van der Waals surface area contributed by atoms with Crippen LogP contribution in [0.3, 0.4) is 0 Å². The summed E-state index contributed by atoms with van der Waals surface area (Å²) in [4.78, 5) is 0. The van der Waals surface area contributed by atoms with E-state index in [9.17, 15) is 0 Å². The van der Waals surface area contributed by atoms with Crippen molar-refractivity contribution >= 4 is 0 Å². The van der Waals surface area contributed by atoms with Gasteiger partial charge in [-0.15, -0.1) is 0 Å². The third kappa shape index (κ3) is 5.76. The highest BCUT2D eigenvalue weighted by molar-refractivity contribution is 4.73. The molecular weight excluding hydrogens is 216 g/mol. The molecule has 2 saturated carbocycles. The summed E-state index contributed by atoms with van der Waals surface area (Å²) in [5.74, 6) is 4.23. The fourth-order valence-corrected chi connectivity index (χ4v) is 4.02. The molecule has 4 atom stereocenters. The van der Waals surface area contributed by atoms with Crippen molar-refractivity contribution in [3.63, 3.8) is 0 Å². The maximum Gasteiger partial charge on any atom is -0.0389 e. The van der Waals surface area contributed by atoms with Crippen LogP contribution in [0.5, 0.6) is 0 Å². The lowest BCUT2D eigenvalue weighted by atomic mass is 9.94. The van der Waals surface area contributed by atoms with Crippen molar-refractivity contribution in [1.29, 1.82) is 0 Å². The molecule has 0 spiro atoms. The molecule has 0 nitrogen and oxygen atoms in total. The summed E-state index contributed by atoms with van der Waals surface area (Å²) in [6.07, 6.45) is 14.7. The zero-order valence-electron chi connectivity index (χ0n) is 13.4. The predicted octanol–water partition coefficient (Wildman–Crippen LogP) is 6.45. The minimum Gasteiger partial charge on any atom is -0.0654 e. The van der Waals surface area contributed by atoms with E-state index in [1.807, 2.05) is 0 Å². The van der Waals surface area contributed by atoms with Gasteiger partial charge in [-0.25, -0.2) is 0 Å². The Morgan fingerprint density at radius 3 is 2.00 bits per heavy atom. The van der Waals surface area contributed by atoms with Crippen LogP contribution in [0.4, 0.5) is 0 Å². The fourth-order valence-electron chi connectivity index (χ4n) is 4.02. The van der Waals surface area contributed by atoms with Crippen LogP contribution in [0, 0.1) is 23.7 Å². The van der Waals surface area contributed by atoms with Gasteiger partial charge in [0.2, 0.25) is 0 Å². The molecule has 2 aliphatic carbocycles. The Bertz CT molecular complexity index is 194. The molecule has 0 unspecified atom stereocenters. The molecule has 0 N–H and O–H groups in total. The second-order valence-corrected chi connectivity index (χ2v) is 7.03. The summed E-state index contributed by atoms with van der Waals surface area (Å²) >= 11 is 0.